The zero-order chi connectivity index (χ0) is 16.9. The van der Waals surface area contributed by atoms with Crippen molar-refractivity contribution >= 4 is 51.2 Å². The lowest BCUT2D eigenvalue weighted by Gasteiger charge is -2.32. The van der Waals surface area contributed by atoms with Gasteiger partial charge in [-0.1, -0.05) is 25.6 Å². The molecule has 0 saturated heterocycles. The Bertz CT molecular complexity index is 973. The molecule has 1 aliphatic heterocycles. The Morgan fingerprint density at radius 2 is 2.29 bits per heavy atom. The fourth-order valence-electron chi connectivity index (χ4n) is 3.07. The Labute approximate surface area is 153 Å². The number of thioether (sulfide) groups is 1. The van der Waals surface area contributed by atoms with Crippen LogP contribution in [-0.4, -0.2) is 30.9 Å². The van der Waals surface area contributed by atoms with Gasteiger partial charge in [0.1, 0.15) is 4.83 Å². The highest BCUT2D eigenvalue weighted by atomic mass is 32.2. The van der Waals surface area contributed by atoms with Crippen molar-refractivity contribution in [2.24, 2.45) is 0 Å². The smallest absolute Gasteiger partial charge is 0.201 e. The average Bonchev–Trinajstić information content (AvgIpc) is 3.13. The van der Waals surface area contributed by atoms with Gasteiger partial charge in [-0.2, -0.15) is 5.10 Å². The Balaban J connectivity index is 1.98. The predicted molar refractivity (Wildman–Crippen MR) is 102 cm³/mol. The van der Waals surface area contributed by atoms with E-state index in [0.717, 1.165) is 46.0 Å². The summed E-state index contributed by atoms with van der Waals surface area (Å²) in [5.41, 5.74) is 2.13. The molecule has 1 atom stereocenters. The number of nitrogens with zero attached hydrogens (tertiary/aromatic N) is 3. The Kier molecular flexibility index (Phi) is 4.19. The summed E-state index contributed by atoms with van der Waals surface area (Å²) in [5.74, 6) is 1.02. The summed E-state index contributed by atoms with van der Waals surface area (Å²) in [5, 5.41) is 9.55. The van der Waals surface area contributed by atoms with Gasteiger partial charge in [-0.25, -0.2) is 9.38 Å². The van der Waals surface area contributed by atoms with E-state index in [1.54, 1.807) is 23.1 Å². The Morgan fingerprint density at radius 3 is 3.04 bits per heavy atom. The lowest BCUT2D eigenvalue weighted by atomic mass is 9.90. The molecular weight excluding hydrogens is 360 g/mol. The number of fused-ring (bicyclic) bond motifs is 5. The van der Waals surface area contributed by atoms with Crippen molar-refractivity contribution in [1.29, 1.82) is 0 Å². The van der Waals surface area contributed by atoms with Gasteiger partial charge in [0.25, 0.3) is 0 Å². The molecule has 0 aromatic carbocycles. The number of aromatic nitrogens is 4. The van der Waals surface area contributed by atoms with Gasteiger partial charge >= 0.3 is 0 Å². The number of H-pyrrole nitrogens is 1. The van der Waals surface area contributed by atoms with Gasteiger partial charge in [0, 0.05) is 17.1 Å². The van der Waals surface area contributed by atoms with Crippen molar-refractivity contribution in [2.45, 2.75) is 57.4 Å². The minimum atomic E-state index is -0.110. The van der Waals surface area contributed by atoms with Crippen molar-refractivity contribution in [3.63, 3.8) is 0 Å². The van der Waals surface area contributed by atoms with Gasteiger partial charge < -0.3 is 4.74 Å². The van der Waals surface area contributed by atoms with Gasteiger partial charge in [-0.15, -0.1) is 11.3 Å². The third-order valence-corrected chi connectivity index (χ3v) is 7.16. The summed E-state index contributed by atoms with van der Waals surface area (Å²) >= 11 is 8.92. The lowest BCUT2D eigenvalue weighted by molar-refractivity contribution is -0.0542. The van der Waals surface area contributed by atoms with Crippen molar-refractivity contribution in [2.75, 3.05) is 5.75 Å². The van der Waals surface area contributed by atoms with E-state index >= 15 is 0 Å². The molecule has 0 aliphatic carbocycles. The maximum atomic E-state index is 6.10. The van der Waals surface area contributed by atoms with E-state index in [4.69, 9.17) is 21.9 Å². The molecular formula is C16H20N4OS3. The third kappa shape index (κ3) is 2.51. The van der Waals surface area contributed by atoms with Crippen LogP contribution in [0.15, 0.2) is 5.16 Å². The highest BCUT2D eigenvalue weighted by Gasteiger charge is 2.33. The molecule has 24 heavy (non-hydrogen) atoms. The molecule has 0 fully saturated rings. The number of aromatic amines is 1. The lowest BCUT2D eigenvalue weighted by Crippen LogP contribution is -2.33. The molecule has 3 aromatic heterocycles. The van der Waals surface area contributed by atoms with Crippen molar-refractivity contribution in [1.82, 2.24) is 19.6 Å². The van der Waals surface area contributed by atoms with Crippen molar-refractivity contribution in [3.05, 3.63) is 15.2 Å². The molecule has 5 nitrogen and oxygen atoms in total. The van der Waals surface area contributed by atoms with Crippen LogP contribution in [0.1, 0.15) is 44.1 Å². The van der Waals surface area contributed by atoms with Crippen molar-refractivity contribution < 1.29 is 4.74 Å². The fourth-order valence-corrected chi connectivity index (χ4v) is 5.35. The summed E-state index contributed by atoms with van der Waals surface area (Å²) in [6.45, 7) is 7.20. The van der Waals surface area contributed by atoms with E-state index in [0.29, 0.717) is 11.4 Å². The van der Waals surface area contributed by atoms with E-state index in [1.165, 1.54) is 10.4 Å². The molecule has 4 rings (SSSR count). The minimum absolute atomic E-state index is 0.110. The highest BCUT2D eigenvalue weighted by molar-refractivity contribution is 7.99. The van der Waals surface area contributed by atoms with Crippen LogP contribution in [0, 0.1) is 4.77 Å². The van der Waals surface area contributed by atoms with E-state index in [-0.39, 0.29) is 5.60 Å². The molecule has 0 radical (unpaired) electrons. The van der Waals surface area contributed by atoms with Gasteiger partial charge in [-0.05, 0) is 37.5 Å². The Morgan fingerprint density at radius 1 is 1.46 bits per heavy atom. The third-order valence-electron chi connectivity index (χ3n) is 4.64. The Hall–Kier alpha value is -0.960. The van der Waals surface area contributed by atoms with Gasteiger partial charge in [-0.3, -0.25) is 5.10 Å². The summed E-state index contributed by atoms with van der Waals surface area (Å²) in [6.07, 6.45) is 2.99. The molecule has 3 aromatic rings. The number of ether oxygens (including phenoxy) is 1. The molecule has 0 saturated carbocycles. The van der Waals surface area contributed by atoms with Crippen LogP contribution in [0.2, 0.25) is 0 Å². The van der Waals surface area contributed by atoms with E-state index < -0.39 is 0 Å². The first-order valence-corrected chi connectivity index (χ1v) is 10.5. The first kappa shape index (κ1) is 16.5. The molecule has 0 amide bonds. The molecule has 4 heterocycles. The van der Waals surface area contributed by atoms with E-state index in [2.05, 4.69) is 31.0 Å². The monoisotopic (exact) mass is 380 g/mol. The van der Waals surface area contributed by atoms with Crippen molar-refractivity contribution in [3.8, 4) is 0 Å². The predicted octanol–water partition coefficient (Wildman–Crippen LogP) is 4.75. The van der Waals surface area contributed by atoms with Gasteiger partial charge in [0.05, 0.1) is 17.6 Å². The zero-order valence-corrected chi connectivity index (χ0v) is 16.5. The van der Waals surface area contributed by atoms with Crippen LogP contribution in [0.25, 0.3) is 15.9 Å². The van der Waals surface area contributed by atoms with Crippen LogP contribution < -0.4 is 0 Å². The van der Waals surface area contributed by atoms with Gasteiger partial charge in [0.15, 0.2) is 10.8 Å². The van der Waals surface area contributed by atoms with Crippen LogP contribution in [0.5, 0.6) is 0 Å². The van der Waals surface area contributed by atoms with Crippen LogP contribution >= 0.6 is 35.3 Å². The summed E-state index contributed by atoms with van der Waals surface area (Å²) < 4.78 is 8.71. The largest absolute Gasteiger partial charge is 0.369 e. The molecule has 8 heteroatoms. The average molecular weight is 381 g/mol. The molecule has 128 valence electrons. The zero-order valence-electron chi connectivity index (χ0n) is 14.0. The van der Waals surface area contributed by atoms with E-state index in [9.17, 15) is 0 Å². The quantitative estimate of drug-likeness (QED) is 0.402. The molecule has 1 N–H and O–H groups in total. The SMILES string of the molecule is CCCSc1nc2sc3c(c2c2n[nH]c(=S)n12)C[C@@](C)(CC)OC3. The first-order valence-electron chi connectivity index (χ1n) is 8.24. The number of thiophene rings is 1. The second kappa shape index (κ2) is 6.09. The second-order valence-electron chi connectivity index (χ2n) is 6.38. The summed E-state index contributed by atoms with van der Waals surface area (Å²) in [4.78, 5) is 7.24. The van der Waals surface area contributed by atoms with E-state index in [1.807, 2.05) is 4.40 Å². The summed E-state index contributed by atoms with van der Waals surface area (Å²) in [7, 11) is 0. The summed E-state index contributed by atoms with van der Waals surface area (Å²) in [6, 6.07) is 0. The second-order valence-corrected chi connectivity index (χ2v) is 8.92. The number of rotatable bonds is 4. The van der Waals surface area contributed by atoms with Crippen LogP contribution in [0.4, 0.5) is 0 Å². The first-order chi connectivity index (χ1) is 11.6. The van der Waals surface area contributed by atoms with Crippen LogP contribution in [-0.2, 0) is 17.8 Å². The molecule has 1 aliphatic rings. The number of nitrogens with one attached hydrogen (secondary N) is 1. The maximum Gasteiger partial charge on any atom is 0.201 e. The fraction of sp³-hybridized carbons (Fsp3) is 0.562. The van der Waals surface area contributed by atoms with Gasteiger partial charge in [0.2, 0.25) is 4.77 Å². The molecule has 0 unspecified atom stereocenters. The number of hydrogen-bond donors (Lipinski definition) is 1. The topological polar surface area (TPSA) is 55.2 Å². The van der Waals surface area contributed by atoms with Crippen LogP contribution in [0.3, 0.4) is 0 Å². The maximum absolute atomic E-state index is 6.10. The minimum Gasteiger partial charge on any atom is -0.369 e. The normalized spacial score (nSPS) is 20.8. The molecule has 0 spiro atoms. The molecule has 0 bridgehead atoms. The number of hydrogen-bond acceptors (Lipinski definition) is 6. The highest BCUT2D eigenvalue weighted by Crippen LogP contribution is 2.41. The standard InChI is InChI=1S/C16H20N4OS3/c1-4-6-23-15-17-13-11(12-18-19-14(22)20(12)15)9-7-16(3,5-2)21-8-10(9)24-13/h4-8H2,1-3H3,(H,19,22)/t16-/m1/s1.